The van der Waals surface area contributed by atoms with Gasteiger partial charge in [-0.25, -0.2) is 9.59 Å². The monoisotopic (exact) mass is 897 g/mol. The third-order valence-electron chi connectivity index (χ3n) is 7.73. The number of unbranched alkanes of at least 4 members (excludes halogenated alkanes) is 1. The smallest absolute Gasteiger partial charge is 0.449 e. The zero-order chi connectivity index (χ0) is 40.7. The van der Waals surface area contributed by atoms with Crippen LogP contribution in [0.15, 0.2) is 0 Å². The fourth-order valence-electron chi connectivity index (χ4n) is 5.76. The van der Waals surface area contributed by atoms with Gasteiger partial charge in [-0.3, -0.25) is 9.96 Å². The molecule has 0 aromatic rings. The topological polar surface area (TPSA) is 160 Å². The third kappa shape index (κ3) is 25.7. The molecule has 15 nitrogen and oxygen atoms in total. The van der Waals surface area contributed by atoms with E-state index >= 15 is 0 Å². The molecule has 20 heteroatoms. The molecule has 340 valence electrons. The average molecular weight is 898 g/mol. The molecule has 0 radical (unpaired) electrons. The molecular weight excluding hydrogens is 809 g/mol. The summed E-state index contributed by atoms with van der Waals surface area (Å²) in [6.45, 7) is 30.0. The van der Waals surface area contributed by atoms with Crippen molar-refractivity contribution in [2.24, 2.45) is 5.41 Å². The fourth-order valence-corrected chi connectivity index (χ4v) is 24.0. The molecule has 0 spiro atoms. The number of carbonyl (C=O) groups excluding carboxylic acids is 2. The Hall–Kier alpha value is -0.736. The number of rotatable bonds is 32. The number of carbonyl (C=O) groups is 2. The molecule has 0 bridgehead atoms. The number of hydrogen-bond acceptors (Lipinski definition) is 13. The lowest BCUT2D eigenvalue weighted by molar-refractivity contribution is -0.0396. The van der Waals surface area contributed by atoms with Gasteiger partial charge in [-0.05, 0) is 106 Å². The third-order valence-corrected chi connectivity index (χ3v) is 24.1. The van der Waals surface area contributed by atoms with Crippen LogP contribution >= 0.6 is 0 Å². The van der Waals surface area contributed by atoms with Crippen LogP contribution in [-0.2, 0) is 49.0 Å². The predicted molar refractivity (Wildman–Crippen MR) is 238 cm³/mol. The largest absolute Gasteiger partial charge is 0.636 e. The lowest BCUT2D eigenvalue weighted by Crippen LogP contribution is -2.62. The van der Waals surface area contributed by atoms with Crippen LogP contribution in [0, 0.1) is 5.41 Å². The fraction of sp³-hybridized carbons (Fsp3) is 0.944. The van der Waals surface area contributed by atoms with Crippen molar-refractivity contribution in [3.63, 3.8) is 0 Å². The molecule has 2 amide bonds. The summed E-state index contributed by atoms with van der Waals surface area (Å²) in [5.74, 6) is 0. The Morgan fingerprint density at radius 2 is 0.875 bits per heavy atom. The summed E-state index contributed by atoms with van der Waals surface area (Å²) in [4.78, 5) is 32.3. The number of nitrogens with one attached hydrogen (secondary N) is 2. The van der Waals surface area contributed by atoms with Crippen molar-refractivity contribution in [3.05, 3.63) is 0 Å². The second-order valence-electron chi connectivity index (χ2n) is 14.4. The first-order valence-electron chi connectivity index (χ1n) is 19.5. The van der Waals surface area contributed by atoms with E-state index in [0.29, 0.717) is 19.1 Å². The van der Waals surface area contributed by atoms with Gasteiger partial charge in [0.15, 0.2) is 16.6 Å². The molecule has 0 rings (SSSR count). The van der Waals surface area contributed by atoms with E-state index in [4.69, 9.17) is 49.0 Å². The van der Waals surface area contributed by atoms with Crippen molar-refractivity contribution < 1.29 is 58.6 Å². The van der Waals surface area contributed by atoms with Gasteiger partial charge in [-0.2, -0.15) is 0 Å². The Kier molecular flexibility index (Phi) is 34.5. The van der Waals surface area contributed by atoms with Gasteiger partial charge in [0.25, 0.3) is 0 Å². The maximum absolute atomic E-state index is 13.4. The minimum absolute atomic E-state index is 0. The highest BCUT2D eigenvalue weighted by Gasteiger charge is 2.48. The van der Waals surface area contributed by atoms with Gasteiger partial charge in [-0.1, -0.05) is 49.0 Å². The van der Waals surface area contributed by atoms with E-state index in [9.17, 15) is 9.59 Å². The van der Waals surface area contributed by atoms with E-state index in [2.05, 4.69) is 56.2 Å². The number of amides is 2. The second kappa shape index (κ2) is 31.2. The first-order valence-corrected chi connectivity index (χ1v) is 32.0. The van der Waals surface area contributed by atoms with Gasteiger partial charge in [0.2, 0.25) is 0 Å². The van der Waals surface area contributed by atoms with Gasteiger partial charge in [0.1, 0.15) is 13.2 Å². The van der Waals surface area contributed by atoms with Crippen molar-refractivity contribution in [2.75, 3.05) is 66.1 Å². The van der Waals surface area contributed by atoms with Crippen LogP contribution in [0.3, 0.4) is 0 Å². The molecule has 0 saturated carbocycles. The molecule has 0 fully saturated rings. The van der Waals surface area contributed by atoms with Crippen LogP contribution in [0.2, 0.25) is 51.4 Å². The molecule has 0 unspecified atom stereocenters. The highest BCUT2D eigenvalue weighted by atomic mass is 28.5. The summed E-state index contributed by atoms with van der Waals surface area (Å²) in [5, 5.41) is 0. The summed E-state index contributed by atoms with van der Waals surface area (Å²) < 4.78 is 66.5. The van der Waals surface area contributed by atoms with Gasteiger partial charge in [-0.15, -0.1) is 0 Å². The minimum atomic E-state index is -3.58. The van der Waals surface area contributed by atoms with E-state index in [1.165, 1.54) is 0 Å². The first-order chi connectivity index (χ1) is 24.8. The normalized spacial score (nSPS) is 12.5. The molecular formula is C36H88N2O13Si5. The summed E-state index contributed by atoms with van der Waals surface area (Å²) in [5.41, 5.74) is -0.959. The second-order valence-corrected chi connectivity index (χ2v) is 31.3. The molecule has 0 heterocycles. The van der Waals surface area contributed by atoms with Crippen molar-refractivity contribution in [3.8, 4) is 0 Å². The summed E-state index contributed by atoms with van der Waals surface area (Å²) in [6.07, 6.45) is 1.95. The van der Waals surface area contributed by atoms with E-state index in [1.807, 2.05) is 6.92 Å². The number of hydrogen-bond donors (Lipinski definition) is 2. The molecule has 0 aliphatic rings. The summed E-state index contributed by atoms with van der Waals surface area (Å²) >= 11 is 0. The van der Waals surface area contributed by atoms with Crippen LogP contribution in [0.25, 0.3) is 0 Å². The summed E-state index contributed by atoms with van der Waals surface area (Å²) in [6, 6.07) is 1.74. The number of ether oxygens (including phenoxy) is 3. The van der Waals surface area contributed by atoms with Gasteiger partial charge >= 0.3 is 38.7 Å². The van der Waals surface area contributed by atoms with Crippen molar-refractivity contribution in [2.45, 2.75) is 155 Å². The van der Waals surface area contributed by atoms with Crippen molar-refractivity contribution >= 4 is 55.3 Å². The highest BCUT2D eigenvalue weighted by Crippen LogP contribution is 2.33. The van der Waals surface area contributed by atoms with Crippen LogP contribution in [0.5, 0.6) is 0 Å². The maximum Gasteiger partial charge on any atom is 0.636 e. The van der Waals surface area contributed by atoms with Gasteiger partial charge < -0.3 is 49.0 Å². The van der Waals surface area contributed by atoms with E-state index < -0.39 is 60.7 Å². The Bertz CT molecular complexity index is 938. The van der Waals surface area contributed by atoms with E-state index in [-0.39, 0.29) is 81.7 Å². The minimum Gasteiger partial charge on any atom is -0.449 e. The first kappa shape index (κ1) is 61.9. The predicted octanol–water partition coefficient (Wildman–Crippen LogP) is 9.19. The van der Waals surface area contributed by atoms with Crippen molar-refractivity contribution in [1.29, 1.82) is 0 Å². The SMILES string of the molecule is C.C.C.CCCC[Si](C)(C)O[Si](C)(C)O[Si](C)(C)CCC(COCCC)(COC(=O)N[Si](OCC)(OCC)OCC)COC(=O)N[Si](OCC)(OCC)OCC. The van der Waals surface area contributed by atoms with Crippen LogP contribution < -0.4 is 9.96 Å². The highest BCUT2D eigenvalue weighted by molar-refractivity contribution is 6.87. The maximum atomic E-state index is 13.4. The molecule has 0 atom stereocenters. The Morgan fingerprint density at radius 1 is 0.518 bits per heavy atom. The van der Waals surface area contributed by atoms with Crippen LogP contribution in [0.4, 0.5) is 9.59 Å². The molecule has 56 heavy (non-hydrogen) atoms. The standard InChI is InChI=1S/C33H76N2O13Si5.3CH4/c1-15-23-26-49(9,10)47-51(13,14)48-50(11,12)27-24-33(28-38-25-16-2,29-39-31(36)34-52(41-17-3,42-18-4)43-19-5)30-40-32(37)35-53(44-20-6,45-21-7)46-22-8;;;/h15-30H2,1-14H3,(H,34,36)(H,35,37);3*1H4. The van der Waals surface area contributed by atoms with Gasteiger partial charge in [0, 0.05) is 46.2 Å². The Balaban J connectivity index is -0.00000451. The van der Waals surface area contributed by atoms with Crippen molar-refractivity contribution in [1.82, 2.24) is 9.96 Å². The zero-order valence-corrected chi connectivity index (χ0v) is 40.6. The molecule has 0 saturated heterocycles. The Labute approximate surface area is 348 Å². The van der Waals surface area contributed by atoms with Crippen LogP contribution in [0.1, 0.15) is 103 Å². The molecule has 0 aromatic heterocycles. The molecule has 0 aliphatic carbocycles. The molecule has 2 N–H and O–H groups in total. The van der Waals surface area contributed by atoms with E-state index in [0.717, 1.165) is 25.3 Å². The zero-order valence-electron chi connectivity index (χ0n) is 35.6. The van der Waals surface area contributed by atoms with E-state index in [1.54, 1.807) is 41.5 Å². The lowest BCUT2D eigenvalue weighted by Gasteiger charge is -2.40. The van der Waals surface area contributed by atoms with Gasteiger partial charge in [0.05, 0.1) is 12.0 Å². The lowest BCUT2D eigenvalue weighted by atomic mass is 9.88. The van der Waals surface area contributed by atoms with Crippen LogP contribution in [-0.4, -0.2) is 121 Å². The Morgan fingerprint density at radius 3 is 1.20 bits per heavy atom. The molecule has 0 aromatic carbocycles. The quantitative estimate of drug-likeness (QED) is 0.0487. The summed E-state index contributed by atoms with van der Waals surface area (Å²) in [7, 11) is -14.0. The average Bonchev–Trinajstić information content (AvgIpc) is 3.04. The molecule has 0 aliphatic heterocycles.